The smallest absolute Gasteiger partial charge is 0.311 e. The number of anilines is 1. The zero-order valence-corrected chi connectivity index (χ0v) is 13.8. The van der Waals surface area contributed by atoms with Crippen LogP contribution in [-0.2, 0) is 20.8 Å². The summed E-state index contributed by atoms with van der Waals surface area (Å²) in [7, 11) is 0. The summed E-state index contributed by atoms with van der Waals surface area (Å²) < 4.78 is 0. The summed E-state index contributed by atoms with van der Waals surface area (Å²) in [6.45, 7) is 3.05. The van der Waals surface area contributed by atoms with Crippen LogP contribution in [0, 0.1) is 5.41 Å². The molecule has 2 aliphatic rings. The molecule has 1 aromatic rings. The number of hydrogen-bond donors (Lipinski definition) is 1. The lowest BCUT2D eigenvalue weighted by Gasteiger charge is -2.19. The second kappa shape index (κ2) is 5.92. The van der Waals surface area contributed by atoms with Gasteiger partial charge >= 0.3 is 5.97 Å². The highest BCUT2D eigenvalue weighted by molar-refractivity contribution is 7.14. The third kappa shape index (κ3) is 3.08. The summed E-state index contributed by atoms with van der Waals surface area (Å²) in [5.74, 6) is -0.898. The first-order valence-electron chi connectivity index (χ1n) is 7.65. The fourth-order valence-corrected chi connectivity index (χ4v) is 3.83. The van der Waals surface area contributed by atoms with Crippen LogP contribution in [-0.4, -0.2) is 52.4 Å². The van der Waals surface area contributed by atoms with E-state index in [1.165, 1.54) is 11.3 Å². The zero-order chi connectivity index (χ0) is 16.6. The zero-order valence-electron chi connectivity index (χ0n) is 12.9. The summed E-state index contributed by atoms with van der Waals surface area (Å²) in [6.07, 6.45) is 2.01. The average molecular weight is 337 g/mol. The number of carbonyl (C=O) groups excluding carboxylic acids is 2. The maximum Gasteiger partial charge on any atom is 0.311 e. The molecule has 3 rings (SSSR count). The predicted octanol–water partition coefficient (Wildman–Crippen LogP) is 1.14. The highest BCUT2D eigenvalue weighted by Crippen LogP contribution is 2.31. The normalized spacial score (nSPS) is 24.5. The van der Waals surface area contributed by atoms with Gasteiger partial charge in [0.25, 0.3) is 0 Å². The van der Waals surface area contributed by atoms with Gasteiger partial charge in [0.1, 0.15) is 0 Å². The monoisotopic (exact) mass is 337 g/mol. The van der Waals surface area contributed by atoms with Crippen molar-refractivity contribution in [2.45, 2.75) is 32.6 Å². The van der Waals surface area contributed by atoms with Gasteiger partial charge in [-0.2, -0.15) is 0 Å². The lowest BCUT2D eigenvalue weighted by atomic mass is 9.90. The van der Waals surface area contributed by atoms with Gasteiger partial charge in [0.05, 0.1) is 17.5 Å². The lowest BCUT2D eigenvalue weighted by molar-refractivity contribution is -0.147. The number of thiazole rings is 1. The molecule has 2 saturated heterocycles. The maximum absolute atomic E-state index is 12.3. The van der Waals surface area contributed by atoms with Crippen LogP contribution >= 0.6 is 11.3 Å². The van der Waals surface area contributed by atoms with Crippen LogP contribution in [0.4, 0.5) is 5.13 Å². The second-order valence-corrected chi connectivity index (χ2v) is 7.21. The van der Waals surface area contributed by atoms with Crippen LogP contribution in [0.1, 0.15) is 31.9 Å². The summed E-state index contributed by atoms with van der Waals surface area (Å²) >= 11 is 1.37. The molecule has 1 aromatic heterocycles. The molecule has 0 bridgehead atoms. The lowest BCUT2D eigenvalue weighted by Crippen LogP contribution is -2.35. The van der Waals surface area contributed by atoms with Crippen LogP contribution in [0.25, 0.3) is 0 Å². The molecule has 2 amide bonds. The van der Waals surface area contributed by atoms with Crippen LogP contribution < -0.4 is 4.90 Å². The Labute approximate surface area is 137 Å². The molecule has 124 valence electrons. The van der Waals surface area contributed by atoms with Gasteiger partial charge in [-0.15, -0.1) is 11.3 Å². The summed E-state index contributed by atoms with van der Waals surface area (Å²) in [4.78, 5) is 42.9. The van der Waals surface area contributed by atoms with Crippen LogP contribution in [0.2, 0.25) is 0 Å². The number of rotatable bonds is 4. The SMILES string of the molecule is CC1(C(=O)O)CCN(C(=O)Cc2csc(N3CCCC3=O)n2)C1. The van der Waals surface area contributed by atoms with Crippen molar-refractivity contribution in [1.29, 1.82) is 0 Å². The van der Waals surface area contributed by atoms with Gasteiger partial charge in [-0.05, 0) is 19.8 Å². The number of nitrogens with zero attached hydrogens (tertiary/aromatic N) is 3. The van der Waals surface area contributed by atoms with E-state index in [0.717, 1.165) is 6.42 Å². The molecule has 2 fully saturated rings. The van der Waals surface area contributed by atoms with Crippen LogP contribution in [0.5, 0.6) is 0 Å². The molecule has 0 aromatic carbocycles. The Balaban J connectivity index is 1.62. The Bertz CT molecular complexity index is 659. The van der Waals surface area contributed by atoms with Gasteiger partial charge < -0.3 is 10.0 Å². The van der Waals surface area contributed by atoms with E-state index in [4.69, 9.17) is 0 Å². The van der Waals surface area contributed by atoms with E-state index in [1.54, 1.807) is 22.1 Å². The van der Waals surface area contributed by atoms with Gasteiger partial charge in [0.15, 0.2) is 5.13 Å². The van der Waals surface area contributed by atoms with E-state index in [1.807, 2.05) is 0 Å². The molecule has 1 unspecified atom stereocenters. The number of hydrogen-bond acceptors (Lipinski definition) is 5. The van der Waals surface area contributed by atoms with E-state index in [9.17, 15) is 19.5 Å². The van der Waals surface area contributed by atoms with Crippen molar-refractivity contribution in [2.75, 3.05) is 24.5 Å². The van der Waals surface area contributed by atoms with E-state index in [-0.39, 0.29) is 24.8 Å². The first-order valence-corrected chi connectivity index (χ1v) is 8.53. The van der Waals surface area contributed by atoms with Crippen molar-refractivity contribution in [3.05, 3.63) is 11.1 Å². The molecular weight excluding hydrogens is 318 g/mol. The predicted molar refractivity (Wildman–Crippen MR) is 84.3 cm³/mol. The topological polar surface area (TPSA) is 90.8 Å². The molecule has 0 aliphatic carbocycles. The fourth-order valence-electron chi connectivity index (χ4n) is 2.97. The van der Waals surface area contributed by atoms with Gasteiger partial charge in [-0.1, -0.05) is 0 Å². The van der Waals surface area contributed by atoms with Gasteiger partial charge in [-0.25, -0.2) is 4.98 Å². The van der Waals surface area contributed by atoms with Gasteiger partial charge in [0, 0.05) is 31.4 Å². The van der Waals surface area contributed by atoms with Crippen LogP contribution in [0.15, 0.2) is 5.38 Å². The van der Waals surface area contributed by atoms with Crippen molar-refractivity contribution in [3.8, 4) is 0 Å². The minimum atomic E-state index is -0.865. The molecule has 1 atom stereocenters. The number of amides is 2. The van der Waals surface area contributed by atoms with Crippen molar-refractivity contribution >= 4 is 34.3 Å². The highest BCUT2D eigenvalue weighted by atomic mass is 32.1. The first kappa shape index (κ1) is 15.9. The number of aromatic nitrogens is 1. The first-order chi connectivity index (χ1) is 10.9. The molecule has 0 radical (unpaired) electrons. The molecule has 3 heterocycles. The summed E-state index contributed by atoms with van der Waals surface area (Å²) in [6, 6.07) is 0. The molecule has 8 heteroatoms. The Morgan fingerprint density at radius 1 is 1.43 bits per heavy atom. The number of likely N-dealkylation sites (tertiary alicyclic amines) is 1. The maximum atomic E-state index is 12.3. The molecule has 7 nitrogen and oxygen atoms in total. The molecule has 2 aliphatic heterocycles. The molecule has 0 spiro atoms. The largest absolute Gasteiger partial charge is 0.481 e. The Morgan fingerprint density at radius 3 is 2.83 bits per heavy atom. The van der Waals surface area contributed by atoms with Gasteiger partial charge in [0.2, 0.25) is 11.8 Å². The standard InChI is InChI=1S/C15H19N3O4S/c1-15(13(21)22)4-6-17(9-15)12(20)7-10-8-23-14(16-10)18-5-2-3-11(18)19/h8H,2-7,9H2,1H3,(H,21,22). The molecule has 1 N–H and O–H groups in total. The minimum absolute atomic E-state index is 0.0778. The number of aliphatic carboxylic acids is 1. The van der Waals surface area contributed by atoms with Crippen molar-refractivity contribution in [2.24, 2.45) is 5.41 Å². The summed E-state index contributed by atoms with van der Waals surface area (Å²) in [5, 5.41) is 11.7. The Hall–Kier alpha value is -1.96. The second-order valence-electron chi connectivity index (χ2n) is 6.38. The average Bonchev–Trinajstić information content (AvgIpc) is 3.19. The van der Waals surface area contributed by atoms with E-state index in [0.29, 0.717) is 36.8 Å². The van der Waals surface area contributed by atoms with Gasteiger partial charge in [-0.3, -0.25) is 19.3 Å². The molecule has 23 heavy (non-hydrogen) atoms. The van der Waals surface area contributed by atoms with E-state index >= 15 is 0 Å². The van der Waals surface area contributed by atoms with Crippen molar-refractivity contribution in [1.82, 2.24) is 9.88 Å². The fraction of sp³-hybridized carbons (Fsp3) is 0.600. The Morgan fingerprint density at radius 2 is 2.22 bits per heavy atom. The Kier molecular flexibility index (Phi) is 4.09. The number of carbonyl (C=O) groups is 3. The number of carboxylic acids is 1. The van der Waals surface area contributed by atoms with Crippen molar-refractivity contribution in [3.63, 3.8) is 0 Å². The quantitative estimate of drug-likeness (QED) is 0.889. The molecular formula is C15H19N3O4S. The minimum Gasteiger partial charge on any atom is -0.481 e. The van der Waals surface area contributed by atoms with E-state index in [2.05, 4.69) is 4.98 Å². The third-order valence-electron chi connectivity index (χ3n) is 4.52. The van der Waals surface area contributed by atoms with Crippen LogP contribution in [0.3, 0.4) is 0 Å². The van der Waals surface area contributed by atoms with E-state index < -0.39 is 11.4 Å². The third-order valence-corrected chi connectivity index (χ3v) is 5.43. The summed E-state index contributed by atoms with van der Waals surface area (Å²) in [5.41, 5.74) is -0.219. The van der Waals surface area contributed by atoms with Crippen molar-refractivity contribution < 1.29 is 19.5 Å². The number of carboxylic acid groups (broad SMARTS) is 1. The highest BCUT2D eigenvalue weighted by Gasteiger charge is 2.42. The molecule has 0 saturated carbocycles.